The molecule has 1 amide bonds. The van der Waals surface area contributed by atoms with Crippen molar-refractivity contribution in [1.82, 2.24) is 4.90 Å². The molecule has 0 saturated carbocycles. The number of carbonyl (C=O) groups excluding carboxylic acids is 1. The van der Waals surface area contributed by atoms with E-state index in [-0.39, 0.29) is 5.91 Å². The monoisotopic (exact) mass is 455 g/mol. The first kappa shape index (κ1) is 19.8. The van der Waals surface area contributed by atoms with E-state index in [1.807, 2.05) is 40.9 Å². The quantitative estimate of drug-likeness (QED) is 0.513. The molecule has 2 aromatic carbocycles. The van der Waals surface area contributed by atoms with E-state index in [9.17, 15) is 4.79 Å². The molecule has 4 nitrogen and oxygen atoms in total. The zero-order valence-corrected chi connectivity index (χ0v) is 18.8. The Kier molecular flexibility index (Phi) is 5.63. The number of benzene rings is 2. The molecular weight excluding hydrogens is 434 g/mol. The molecule has 0 radical (unpaired) electrons. The molecule has 154 valence electrons. The highest BCUT2D eigenvalue weighted by Crippen LogP contribution is 2.41. The van der Waals surface area contributed by atoms with E-state index in [2.05, 4.69) is 46.2 Å². The third kappa shape index (κ3) is 3.92. The van der Waals surface area contributed by atoms with Crippen LogP contribution in [0.1, 0.15) is 9.67 Å². The van der Waals surface area contributed by atoms with Gasteiger partial charge in [-0.05, 0) is 42.5 Å². The van der Waals surface area contributed by atoms with Crippen molar-refractivity contribution in [3.8, 4) is 0 Å². The van der Waals surface area contributed by atoms with Crippen molar-refractivity contribution in [2.24, 2.45) is 0 Å². The number of amides is 1. The molecule has 30 heavy (non-hydrogen) atoms. The Morgan fingerprint density at radius 1 is 0.900 bits per heavy atom. The van der Waals surface area contributed by atoms with Crippen LogP contribution in [0.4, 0.5) is 16.4 Å². The Morgan fingerprint density at radius 3 is 2.57 bits per heavy atom. The standard InChI is InChI=1S/C23H22ClN3OS2/c24-17-4-3-5-18(16-17)25-10-12-26(13-11-25)23(28)21-8-9-22(30-21)27-14-15-29-20-7-2-1-6-19(20)27/h1-9,16H,10-15H2. The maximum absolute atomic E-state index is 13.1. The lowest BCUT2D eigenvalue weighted by atomic mass is 10.2. The van der Waals surface area contributed by atoms with Crippen LogP contribution in [0.15, 0.2) is 65.6 Å². The molecule has 7 heteroatoms. The van der Waals surface area contributed by atoms with E-state index in [0.717, 1.165) is 59.1 Å². The smallest absolute Gasteiger partial charge is 0.264 e. The second kappa shape index (κ2) is 8.53. The average Bonchev–Trinajstić information content (AvgIpc) is 3.28. The molecule has 3 heterocycles. The van der Waals surface area contributed by atoms with Gasteiger partial charge in [0.15, 0.2) is 0 Å². The van der Waals surface area contributed by atoms with Gasteiger partial charge in [-0.1, -0.05) is 29.8 Å². The summed E-state index contributed by atoms with van der Waals surface area (Å²) >= 11 is 9.62. The van der Waals surface area contributed by atoms with Gasteiger partial charge in [0.2, 0.25) is 0 Å². The second-order valence-corrected chi connectivity index (χ2v) is 10.0. The summed E-state index contributed by atoms with van der Waals surface area (Å²) in [6.45, 7) is 4.06. The highest BCUT2D eigenvalue weighted by molar-refractivity contribution is 7.99. The number of piperazine rings is 1. The van der Waals surface area contributed by atoms with Gasteiger partial charge in [-0.15, -0.1) is 23.1 Å². The summed E-state index contributed by atoms with van der Waals surface area (Å²) in [6, 6.07) is 20.5. The van der Waals surface area contributed by atoms with Crippen molar-refractivity contribution in [3.05, 3.63) is 70.6 Å². The van der Waals surface area contributed by atoms with E-state index in [1.165, 1.54) is 10.6 Å². The van der Waals surface area contributed by atoms with Gasteiger partial charge in [-0.25, -0.2) is 0 Å². The van der Waals surface area contributed by atoms with E-state index in [1.54, 1.807) is 11.3 Å². The van der Waals surface area contributed by atoms with Crippen molar-refractivity contribution in [2.75, 3.05) is 48.3 Å². The van der Waals surface area contributed by atoms with Gasteiger partial charge >= 0.3 is 0 Å². The minimum Gasteiger partial charge on any atom is -0.368 e. The number of carbonyl (C=O) groups is 1. The fourth-order valence-corrected chi connectivity index (χ4v) is 6.18. The number of rotatable bonds is 3. The van der Waals surface area contributed by atoms with Crippen LogP contribution in [0.5, 0.6) is 0 Å². The Balaban J connectivity index is 1.27. The molecule has 2 aliphatic rings. The number of fused-ring (bicyclic) bond motifs is 1. The summed E-state index contributed by atoms with van der Waals surface area (Å²) in [5, 5.41) is 1.89. The molecule has 1 aromatic heterocycles. The average molecular weight is 456 g/mol. The topological polar surface area (TPSA) is 26.8 Å². The van der Waals surface area contributed by atoms with Gasteiger partial charge in [0.05, 0.1) is 15.6 Å². The molecule has 5 rings (SSSR count). The molecule has 0 unspecified atom stereocenters. The van der Waals surface area contributed by atoms with Crippen LogP contribution in [0, 0.1) is 0 Å². The number of halogens is 1. The molecule has 1 saturated heterocycles. The molecule has 0 N–H and O–H groups in total. The van der Waals surface area contributed by atoms with Crippen LogP contribution in [-0.2, 0) is 0 Å². The molecule has 2 aliphatic heterocycles. The molecule has 0 spiro atoms. The summed E-state index contributed by atoms with van der Waals surface area (Å²) in [7, 11) is 0. The van der Waals surface area contributed by atoms with Gasteiger partial charge in [-0.3, -0.25) is 4.79 Å². The van der Waals surface area contributed by atoms with Gasteiger partial charge in [0.1, 0.15) is 0 Å². The van der Waals surface area contributed by atoms with E-state index < -0.39 is 0 Å². The zero-order chi connectivity index (χ0) is 20.5. The molecule has 0 bridgehead atoms. The first-order chi connectivity index (χ1) is 14.7. The first-order valence-corrected chi connectivity index (χ1v) is 12.3. The van der Waals surface area contributed by atoms with E-state index >= 15 is 0 Å². The third-order valence-corrected chi connectivity index (χ3v) is 7.91. The Hall–Kier alpha value is -2.15. The van der Waals surface area contributed by atoms with Crippen LogP contribution >= 0.6 is 34.7 Å². The number of hydrogen-bond donors (Lipinski definition) is 0. The summed E-state index contributed by atoms with van der Waals surface area (Å²) in [4.78, 5) is 21.8. The highest BCUT2D eigenvalue weighted by Gasteiger charge is 2.25. The molecule has 1 fully saturated rings. The number of thiophene rings is 1. The number of nitrogens with zero attached hydrogens (tertiary/aromatic N) is 3. The fourth-order valence-electron chi connectivity index (χ4n) is 3.98. The van der Waals surface area contributed by atoms with Crippen molar-refractivity contribution < 1.29 is 4.79 Å². The first-order valence-electron chi connectivity index (χ1n) is 10.1. The lowest BCUT2D eigenvalue weighted by Gasteiger charge is -2.36. The van der Waals surface area contributed by atoms with Crippen LogP contribution in [-0.4, -0.2) is 49.3 Å². The Labute approximate surface area is 190 Å². The van der Waals surface area contributed by atoms with Crippen molar-refractivity contribution in [1.29, 1.82) is 0 Å². The van der Waals surface area contributed by atoms with Crippen LogP contribution in [0.3, 0.4) is 0 Å². The van der Waals surface area contributed by atoms with Crippen molar-refractivity contribution in [3.63, 3.8) is 0 Å². The predicted molar refractivity (Wildman–Crippen MR) is 128 cm³/mol. The Morgan fingerprint density at radius 2 is 1.73 bits per heavy atom. The number of para-hydroxylation sites is 1. The van der Waals surface area contributed by atoms with E-state index in [4.69, 9.17) is 11.6 Å². The summed E-state index contributed by atoms with van der Waals surface area (Å²) in [5.41, 5.74) is 2.36. The minimum absolute atomic E-state index is 0.136. The zero-order valence-electron chi connectivity index (χ0n) is 16.5. The molecule has 3 aromatic rings. The third-order valence-electron chi connectivity index (χ3n) is 5.54. The highest BCUT2D eigenvalue weighted by atomic mass is 35.5. The molecule has 0 aliphatic carbocycles. The normalized spacial score (nSPS) is 16.5. The second-order valence-electron chi connectivity index (χ2n) is 7.36. The minimum atomic E-state index is 0.136. The lowest BCUT2D eigenvalue weighted by Crippen LogP contribution is -2.48. The summed E-state index contributed by atoms with van der Waals surface area (Å²) < 4.78 is 0. The van der Waals surface area contributed by atoms with Crippen molar-refractivity contribution >= 4 is 57.0 Å². The Bertz CT molecular complexity index is 1060. The van der Waals surface area contributed by atoms with Gasteiger partial charge < -0.3 is 14.7 Å². The van der Waals surface area contributed by atoms with Crippen LogP contribution in [0.25, 0.3) is 0 Å². The van der Waals surface area contributed by atoms with Gasteiger partial charge in [0.25, 0.3) is 5.91 Å². The van der Waals surface area contributed by atoms with Gasteiger partial charge in [0, 0.05) is 54.1 Å². The predicted octanol–water partition coefficient (Wildman–Crippen LogP) is 5.61. The lowest BCUT2D eigenvalue weighted by molar-refractivity contribution is 0.0751. The molecule has 0 atom stereocenters. The summed E-state index contributed by atoms with van der Waals surface area (Å²) in [5.74, 6) is 1.19. The van der Waals surface area contributed by atoms with Crippen LogP contribution in [0.2, 0.25) is 5.02 Å². The maximum Gasteiger partial charge on any atom is 0.264 e. The number of anilines is 3. The van der Waals surface area contributed by atoms with Crippen molar-refractivity contribution in [2.45, 2.75) is 4.90 Å². The largest absolute Gasteiger partial charge is 0.368 e. The maximum atomic E-state index is 13.1. The summed E-state index contributed by atoms with van der Waals surface area (Å²) in [6.07, 6.45) is 0. The fraction of sp³-hybridized carbons (Fsp3) is 0.261. The van der Waals surface area contributed by atoms with E-state index in [0.29, 0.717) is 0 Å². The SMILES string of the molecule is O=C(c1ccc(N2CCSc3ccccc32)s1)N1CCN(c2cccc(Cl)c2)CC1. The van der Waals surface area contributed by atoms with Gasteiger partial charge in [-0.2, -0.15) is 0 Å². The number of thioether (sulfide) groups is 1. The molecular formula is C23H22ClN3OS2. The number of hydrogen-bond acceptors (Lipinski definition) is 5. The van der Waals surface area contributed by atoms with Crippen LogP contribution < -0.4 is 9.80 Å².